The lowest BCUT2D eigenvalue weighted by atomic mass is 10.2. The molecule has 1 unspecified atom stereocenters. The molecule has 2 fully saturated rings. The molecule has 2 aromatic heterocycles. The van der Waals surface area contributed by atoms with E-state index in [4.69, 9.17) is 4.98 Å². The largest absolute Gasteiger partial charge is 0.367 e. The van der Waals surface area contributed by atoms with E-state index in [1.165, 1.54) is 12.1 Å². The number of aromatic amines is 1. The van der Waals surface area contributed by atoms with Crippen LogP contribution in [0.5, 0.6) is 0 Å². The highest BCUT2D eigenvalue weighted by molar-refractivity contribution is 5.89. The molecule has 7 heteroatoms. The van der Waals surface area contributed by atoms with Gasteiger partial charge in [0, 0.05) is 45.6 Å². The van der Waals surface area contributed by atoms with E-state index < -0.39 is 0 Å². The first-order valence-electron chi connectivity index (χ1n) is 10.3. The Labute approximate surface area is 166 Å². The summed E-state index contributed by atoms with van der Waals surface area (Å²) in [6, 6.07) is 6.88. The van der Waals surface area contributed by atoms with Crippen molar-refractivity contribution in [3.63, 3.8) is 0 Å². The van der Waals surface area contributed by atoms with Crippen LogP contribution in [0.3, 0.4) is 0 Å². The van der Waals surface area contributed by atoms with Crippen LogP contribution in [0.25, 0.3) is 11.0 Å². The van der Waals surface area contributed by atoms with Crippen molar-refractivity contribution in [1.82, 2.24) is 29.3 Å². The summed E-state index contributed by atoms with van der Waals surface area (Å²) in [5.74, 6) is 2.21. The zero-order chi connectivity index (χ0) is 19.1. The summed E-state index contributed by atoms with van der Waals surface area (Å²) < 4.78 is 2.15. The van der Waals surface area contributed by atoms with Gasteiger partial charge in [-0.2, -0.15) is 0 Å². The molecule has 2 aliphatic heterocycles. The van der Waals surface area contributed by atoms with Crippen molar-refractivity contribution in [2.45, 2.75) is 25.4 Å². The summed E-state index contributed by atoms with van der Waals surface area (Å²) in [5.41, 5.74) is 3.50. The molecule has 7 nitrogen and oxygen atoms in total. The highest BCUT2D eigenvalue weighted by Crippen LogP contribution is 2.32. The molecule has 3 aromatic rings. The molecule has 2 aliphatic rings. The molecule has 0 bridgehead atoms. The number of likely N-dealkylation sites (N-methyl/N-ethyl adjacent to an activating group) is 1. The van der Waals surface area contributed by atoms with Gasteiger partial charge in [0.15, 0.2) is 0 Å². The summed E-state index contributed by atoms with van der Waals surface area (Å²) >= 11 is 0. The summed E-state index contributed by atoms with van der Waals surface area (Å²) in [6.45, 7) is 6.27. The number of aromatic nitrogens is 4. The van der Waals surface area contributed by atoms with Crippen LogP contribution in [0.15, 0.2) is 30.6 Å². The van der Waals surface area contributed by atoms with Gasteiger partial charge >= 0.3 is 0 Å². The van der Waals surface area contributed by atoms with Gasteiger partial charge < -0.3 is 19.4 Å². The third-order valence-corrected chi connectivity index (χ3v) is 6.26. The molecule has 0 saturated carbocycles. The van der Waals surface area contributed by atoms with Crippen LogP contribution in [-0.4, -0.2) is 69.1 Å². The number of rotatable bonds is 4. The van der Waals surface area contributed by atoms with Crippen LogP contribution in [0.1, 0.15) is 30.5 Å². The SMILES string of the molecule is CN1CCN(c2cccc3[nH]c(CN4CCCC4c4nccn4C)nc23)CC1. The Morgan fingerprint density at radius 3 is 2.75 bits per heavy atom. The molecule has 0 aliphatic carbocycles. The number of imidazole rings is 2. The van der Waals surface area contributed by atoms with Gasteiger partial charge in [-0.15, -0.1) is 0 Å². The Hall–Kier alpha value is -2.38. The quantitative estimate of drug-likeness (QED) is 0.754. The molecule has 1 N–H and O–H groups in total. The number of para-hydroxylation sites is 1. The van der Waals surface area contributed by atoms with E-state index in [2.05, 4.69) is 61.5 Å². The highest BCUT2D eigenvalue weighted by atomic mass is 15.3. The number of benzene rings is 1. The summed E-state index contributed by atoms with van der Waals surface area (Å²) in [5, 5.41) is 0. The predicted octanol–water partition coefficient (Wildman–Crippen LogP) is 2.39. The molecular weight excluding hydrogens is 350 g/mol. The minimum Gasteiger partial charge on any atom is -0.367 e. The van der Waals surface area contributed by atoms with Gasteiger partial charge in [0.1, 0.15) is 17.2 Å². The second-order valence-electron chi connectivity index (χ2n) is 8.17. The van der Waals surface area contributed by atoms with E-state index in [-0.39, 0.29) is 0 Å². The van der Waals surface area contributed by atoms with Crippen molar-refractivity contribution in [3.8, 4) is 0 Å². The Bertz CT molecular complexity index is 951. The fraction of sp³-hybridized carbons (Fsp3) is 0.524. The van der Waals surface area contributed by atoms with Crippen molar-refractivity contribution in [2.24, 2.45) is 7.05 Å². The maximum atomic E-state index is 5.03. The van der Waals surface area contributed by atoms with Crippen molar-refractivity contribution in [1.29, 1.82) is 0 Å². The lowest BCUT2D eigenvalue weighted by Gasteiger charge is -2.34. The molecule has 28 heavy (non-hydrogen) atoms. The number of likely N-dealkylation sites (tertiary alicyclic amines) is 1. The molecule has 4 heterocycles. The van der Waals surface area contributed by atoms with Gasteiger partial charge in [-0.25, -0.2) is 9.97 Å². The normalized spacial score (nSPS) is 21.8. The standard InChI is InChI=1S/C21H29N7/c1-25-11-13-27(14-12-25)17-6-3-5-16-20(17)24-19(23-16)15-28-9-4-7-18(28)21-22-8-10-26(21)2/h3,5-6,8,10,18H,4,7,9,11-15H2,1-2H3,(H,23,24). The average molecular weight is 380 g/mol. The first-order valence-corrected chi connectivity index (χ1v) is 10.3. The maximum absolute atomic E-state index is 5.03. The van der Waals surface area contributed by atoms with E-state index in [9.17, 15) is 0 Å². The lowest BCUT2D eigenvalue weighted by Crippen LogP contribution is -2.44. The topological polar surface area (TPSA) is 56.2 Å². The van der Waals surface area contributed by atoms with Crippen LogP contribution < -0.4 is 4.90 Å². The fourth-order valence-electron chi connectivity index (χ4n) is 4.64. The number of anilines is 1. The zero-order valence-corrected chi connectivity index (χ0v) is 16.8. The Morgan fingerprint density at radius 2 is 1.96 bits per heavy atom. The Kier molecular flexibility index (Phi) is 4.56. The van der Waals surface area contributed by atoms with Crippen LogP contribution in [0.4, 0.5) is 5.69 Å². The molecule has 0 amide bonds. The van der Waals surface area contributed by atoms with Gasteiger partial charge in [0.05, 0.1) is 23.8 Å². The second-order valence-corrected chi connectivity index (χ2v) is 8.17. The molecule has 148 valence electrons. The predicted molar refractivity (Wildman–Crippen MR) is 111 cm³/mol. The Balaban J connectivity index is 1.40. The molecular formula is C21H29N7. The van der Waals surface area contributed by atoms with Gasteiger partial charge in [-0.05, 0) is 38.6 Å². The molecule has 1 aromatic carbocycles. The van der Waals surface area contributed by atoms with Gasteiger partial charge in [-0.1, -0.05) is 6.07 Å². The van der Waals surface area contributed by atoms with Gasteiger partial charge in [0.25, 0.3) is 0 Å². The van der Waals surface area contributed by atoms with Crippen LogP contribution in [-0.2, 0) is 13.6 Å². The first-order chi connectivity index (χ1) is 13.7. The number of nitrogens with zero attached hydrogens (tertiary/aromatic N) is 6. The second kappa shape index (κ2) is 7.22. The third kappa shape index (κ3) is 3.18. The van der Waals surface area contributed by atoms with E-state index in [0.717, 1.165) is 68.4 Å². The lowest BCUT2D eigenvalue weighted by molar-refractivity contribution is 0.231. The number of piperazine rings is 1. The minimum atomic E-state index is 0.380. The van der Waals surface area contributed by atoms with E-state index >= 15 is 0 Å². The molecule has 1 atom stereocenters. The van der Waals surface area contributed by atoms with Crippen LogP contribution in [0, 0.1) is 0 Å². The summed E-state index contributed by atoms with van der Waals surface area (Å²) in [7, 11) is 4.28. The number of fused-ring (bicyclic) bond motifs is 1. The van der Waals surface area contributed by atoms with Crippen LogP contribution in [0.2, 0.25) is 0 Å². The van der Waals surface area contributed by atoms with Crippen molar-refractivity contribution in [2.75, 3.05) is 44.7 Å². The summed E-state index contributed by atoms with van der Waals surface area (Å²) in [6.07, 6.45) is 6.31. The van der Waals surface area contributed by atoms with E-state index in [1.54, 1.807) is 0 Å². The first kappa shape index (κ1) is 17.7. The van der Waals surface area contributed by atoms with Gasteiger partial charge in [0.2, 0.25) is 0 Å². The molecule has 0 radical (unpaired) electrons. The fourth-order valence-corrected chi connectivity index (χ4v) is 4.64. The van der Waals surface area contributed by atoms with Crippen molar-refractivity contribution < 1.29 is 0 Å². The molecule has 5 rings (SSSR count). The zero-order valence-electron chi connectivity index (χ0n) is 16.8. The highest BCUT2D eigenvalue weighted by Gasteiger charge is 2.29. The number of aryl methyl sites for hydroxylation is 1. The van der Waals surface area contributed by atoms with Crippen LogP contribution >= 0.6 is 0 Å². The number of hydrogen-bond donors (Lipinski definition) is 1. The third-order valence-electron chi connectivity index (χ3n) is 6.26. The monoisotopic (exact) mass is 379 g/mol. The molecule has 0 spiro atoms. The van der Waals surface area contributed by atoms with E-state index in [1.807, 2.05) is 12.4 Å². The maximum Gasteiger partial charge on any atom is 0.125 e. The van der Waals surface area contributed by atoms with Gasteiger partial charge in [-0.3, -0.25) is 4.90 Å². The number of H-pyrrole nitrogens is 1. The minimum absolute atomic E-state index is 0.380. The average Bonchev–Trinajstić information content (AvgIpc) is 3.41. The van der Waals surface area contributed by atoms with Crippen molar-refractivity contribution >= 4 is 16.7 Å². The molecule has 2 saturated heterocycles. The van der Waals surface area contributed by atoms with E-state index in [0.29, 0.717) is 6.04 Å². The smallest absolute Gasteiger partial charge is 0.125 e. The summed E-state index contributed by atoms with van der Waals surface area (Å²) in [4.78, 5) is 20.6. The number of hydrogen-bond acceptors (Lipinski definition) is 5. The number of nitrogens with one attached hydrogen (secondary N) is 1. The van der Waals surface area contributed by atoms with Crippen molar-refractivity contribution in [3.05, 3.63) is 42.2 Å². The Morgan fingerprint density at radius 1 is 1.11 bits per heavy atom.